The second-order valence-electron chi connectivity index (χ2n) is 12.8. The van der Waals surface area contributed by atoms with Crippen LogP contribution in [0.5, 0.6) is 0 Å². The van der Waals surface area contributed by atoms with Crippen LogP contribution in [0.4, 0.5) is 0 Å². The third kappa shape index (κ3) is 4.99. The fraction of sp³-hybridized carbons (Fsp3) is 0.0444. The standard InChI is InChI=1S/C45H32N4O/c1-48-42-25-24-34(27-43(42)49(2)45(48)50)29-16-20-31(21-17-29)40-28-41(47-44(46-40)33-10-4-3-5-11-33)32-22-18-30(19-23-32)39-26-35-12-6-7-13-36(35)37-14-8-9-15-38(37)39/h3-28H,1-2H3. The lowest BCUT2D eigenvalue weighted by Gasteiger charge is -2.13. The van der Waals surface area contributed by atoms with Crippen molar-refractivity contribution in [1.29, 1.82) is 0 Å². The van der Waals surface area contributed by atoms with Crippen LogP contribution in [0.15, 0.2) is 163 Å². The van der Waals surface area contributed by atoms with Crippen molar-refractivity contribution >= 4 is 32.6 Å². The van der Waals surface area contributed by atoms with Gasteiger partial charge in [0.2, 0.25) is 0 Å². The van der Waals surface area contributed by atoms with E-state index in [-0.39, 0.29) is 5.69 Å². The zero-order chi connectivity index (χ0) is 33.8. The molecular weight excluding hydrogens is 613 g/mol. The van der Waals surface area contributed by atoms with E-state index in [1.165, 1.54) is 27.1 Å². The summed E-state index contributed by atoms with van der Waals surface area (Å²) in [5.41, 5.74) is 11.0. The number of aryl methyl sites for hydroxylation is 2. The summed E-state index contributed by atoms with van der Waals surface area (Å²) >= 11 is 0. The predicted octanol–water partition coefficient (Wildman–Crippen LogP) is 10.3. The van der Waals surface area contributed by atoms with Gasteiger partial charge in [-0.3, -0.25) is 9.13 Å². The Morgan fingerprint density at radius 3 is 1.66 bits per heavy atom. The molecule has 0 aliphatic carbocycles. The first-order valence-electron chi connectivity index (χ1n) is 16.7. The molecule has 2 aromatic heterocycles. The summed E-state index contributed by atoms with van der Waals surface area (Å²) in [5, 5.41) is 5.00. The Morgan fingerprint density at radius 1 is 0.420 bits per heavy atom. The van der Waals surface area contributed by atoms with Gasteiger partial charge < -0.3 is 0 Å². The van der Waals surface area contributed by atoms with Crippen LogP contribution in [-0.4, -0.2) is 19.1 Å². The molecular formula is C45H32N4O. The number of fused-ring (bicyclic) bond motifs is 4. The molecule has 9 aromatic rings. The summed E-state index contributed by atoms with van der Waals surface area (Å²) in [4.78, 5) is 22.6. The zero-order valence-corrected chi connectivity index (χ0v) is 27.7. The predicted molar refractivity (Wildman–Crippen MR) is 206 cm³/mol. The topological polar surface area (TPSA) is 52.7 Å². The molecule has 238 valence electrons. The lowest BCUT2D eigenvalue weighted by molar-refractivity contribution is 0.795. The molecule has 0 aliphatic rings. The minimum absolute atomic E-state index is 0.0295. The maximum Gasteiger partial charge on any atom is 0.328 e. The molecule has 5 nitrogen and oxygen atoms in total. The average molecular weight is 645 g/mol. The Bertz CT molecular complexity index is 2780. The second-order valence-corrected chi connectivity index (χ2v) is 12.8. The highest BCUT2D eigenvalue weighted by Crippen LogP contribution is 2.36. The molecule has 0 spiro atoms. The molecule has 0 saturated heterocycles. The molecule has 7 aromatic carbocycles. The first-order chi connectivity index (χ1) is 24.5. The number of hydrogen-bond donors (Lipinski definition) is 0. The SMILES string of the molecule is Cn1c(=O)n(C)c2cc(-c3ccc(-c4cc(-c5ccc(-c6cc7ccccc7c7ccccc67)cc5)nc(-c5ccccc5)n4)cc3)ccc21. The van der Waals surface area contributed by atoms with Gasteiger partial charge in [-0.25, -0.2) is 14.8 Å². The Labute approximate surface area is 289 Å². The van der Waals surface area contributed by atoms with Gasteiger partial charge in [-0.1, -0.05) is 133 Å². The molecule has 0 aliphatic heterocycles. The number of nitrogens with zero attached hydrogens (tertiary/aromatic N) is 4. The molecule has 50 heavy (non-hydrogen) atoms. The first kappa shape index (κ1) is 29.5. The summed E-state index contributed by atoms with van der Waals surface area (Å²) < 4.78 is 3.37. The highest BCUT2D eigenvalue weighted by Gasteiger charge is 2.14. The monoisotopic (exact) mass is 644 g/mol. The molecule has 0 saturated carbocycles. The molecule has 0 unspecified atom stereocenters. The van der Waals surface area contributed by atoms with E-state index in [4.69, 9.17) is 9.97 Å². The molecule has 0 fully saturated rings. The van der Waals surface area contributed by atoms with E-state index < -0.39 is 0 Å². The molecule has 0 radical (unpaired) electrons. The van der Waals surface area contributed by atoms with Crippen molar-refractivity contribution in [2.75, 3.05) is 0 Å². The maximum absolute atomic E-state index is 12.5. The van der Waals surface area contributed by atoms with Crippen LogP contribution < -0.4 is 5.69 Å². The highest BCUT2D eigenvalue weighted by molar-refractivity contribution is 6.13. The van der Waals surface area contributed by atoms with Crippen LogP contribution in [-0.2, 0) is 14.1 Å². The Kier molecular flexibility index (Phi) is 6.99. The number of imidazole rings is 1. The third-order valence-corrected chi connectivity index (χ3v) is 9.80. The van der Waals surface area contributed by atoms with Crippen molar-refractivity contribution in [2.24, 2.45) is 14.1 Å². The lowest BCUT2D eigenvalue weighted by Crippen LogP contribution is -2.19. The van der Waals surface area contributed by atoms with Gasteiger partial charge in [0.25, 0.3) is 0 Å². The van der Waals surface area contributed by atoms with E-state index in [0.717, 1.165) is 55.8 Å². The van der Waals surface area contributed by atoms with Crippen LogP contribution >= 0.6 is 0 Å². The van der Waals surface area contributed by atoms with Crippen LogP contribution in [0.3, 0.4) is 0 Å². The summed E-state index contributed by atoms with van der Waals surface area (Å²) in [7, 11) is 3.62. The summed E-state index contributed by atoms with van der Waals surface area (Å²) in [6, 6.07) is 55.1. The largest absolute Gasteiger partial charge is 0.328 e. The van der Waals surface area contributed by atoms with Gasteiger partial charge in [0, 0.05) is 30.8 Å². The van der Waals surface area contributed by atoms with Crippen molar-refractivity contribution in [3.63, 3.8) is 0 Å². The molecule has 0 atom stereocenters. The zero-order valence-electron chi connectivity index (χ0n) is 27.7. The van der Waals surface area contributed by atoms with Gasteiger partial charge in [-0.05, 0) is 68.1 Å². The summed E-state index contributed by atoms with van der Waals surface area (Å²) in [6.07, 6.45) is 0. The van der Waals surface area contributed by atoms with Gasteiger partial charge >= 0.3 is 5.69 Å². The normalized spacial score (nSPS) is 11.5. The molecule has 9 rings (SSSR count). The first-order valence-corrected chi connectivity index (χ1v) is 16.7. The Morgan fingerprint density at radius 2 is 0.960 bits per heavy atom. The lowest BCUT2D eigenvalue weighted by atomic mass is 9.93. The van der Waals surface area contributed by atoms with Gasteiger partial charge in [-0.15, -0.1) is 0 Å². The van der Waals surface area contributed by atoms with E-state index in [9.17, 15) is 4.79 Å². The van der Waals surface area contributed by atoms with E-state index in [1.54, 1.807) is 16.2 Å². The van der Waals surface area contributed by atoms with Gasteiger partial charge in [0.05, 0.1) is 22.4 Å². The van der Waals surface area contributed by atoms with Gasteiger partial charge in [0.15, 0.2) is 5.82 Å². The van der Waals surface area contributed by atoms with E-state index in [2.05, 4.69) is 121 Å². The summed E-state index contributed by atoms with van der Waals surface area (Å²) in [6.45, 7) is 0. The Hall–Kier alpha value is -6.59. The van der Waals surface area contributed by atoms with Crippen molar-refractivity contribution in [3.8, 4) is 56.2 Å². The average Bonchev–Trinajstić information content (AvgIpc) is 3.40. The van der Waals surface area contributed by atoms with E-state index in [1.807, 2.05) is 43.4 Å². The number of aromatic nitrogens is 4. The van der Waals surface area contributed by atoms with E-state index >= 15 is 0 Å². The minimum atomic E-state index is -0.0295. The Balaban J connectivity index is 1.11. The van der Waals surface area contributed by atoms with Crippen molar-refractivity contribution in [2.45, 2.75) is 0 Å². The minimum Gasteiger partial charge on any atom is -0.295 e. The third-order valence-electron chi connectivity index (χ3n) is 9.80. The van der Waals surface area contributed by atoms with Crippen LogP contribution in [0.2, 0.25) is 0 Å². The van der Waals surface area contributed by atoms with E-state index in [0.29, 0.717) is 5.82 Å². The highest BCUT2D eigenvalue weighted by atomic mass is 16.1. The van der Waals surface area contributed by atoms with Crippen molar-refractivity contribution < 1.29 is 0 Å². The van der Waals surface area contributed by atoms with Crippen LogP contribution in [0.25, 0.3) is 88.7 Å². The smallest absolute Gasteiger partial charge is 0.295 e. The molecule has 0 bridgehead atoms. The van der Waals surface area contributed by atoms with Crippen LogP contribution in [0, 0.1) is 0 Å². The fourth-order valence-electron chi connectivity index (χ4n) is 7.09. The fourth-order valence-corrected chi connectivity index (χ4v) is 7.09. The molecule has 0 N–H and O–H groups in total. The van der Waals surface area contributed by atoms with Crippen molar-refractivity contribution in [1.82, 2.24) is 19.1 Å². The van der Waals surface area contributed by atoms with Crippen LogP contribution in [0.1, 0.15) is 0 Å². The molecule has 5 heteroatoms. The van der Waals surface area contributed by atoms with Crippen molar-refractivity contribution in [3.05, 3.63) is 168 Å². The number of benzene rings is 7. The number of rotatable bonds is 5. The maximum atomic E-state index is 12.5. The quantitative estimate of drug-likeness (QED) is 0.175. The van der Waals surface area contributed by atoms with Gasteiger partial charge in [-0.2, -0.15) is 0 Å². The molecule has 2 heterocycles. The summed E-state index contributed by atoms with van der Waals surface area (Å²) in [5.74, 6) is 0.683. The van der Waals surface area contributed by atoms with Gasteiger partial charge in [0.1, 0.15) is 0 Å². The number of hydrogen-bond acceptors (Lipinski definition) is 3. The second kappa shape index (κ2) is 11.8. The molecule has 0 amide bonds.